The molecule has 0 bridgehead atoms. The van der Waals surface area contributed by atoms with Gasteiger partial charge in [-0.25, -0.2) is 0 Å². The van der Waals surface area contributed by atoms with Crippen molar-refractivity contribution in [1.82, 2.24) is 5.32 Å². The number of carbonyl (C=O) groups excluding carboxylic acids is 1. The molecule has 0 aromatic rings. The number of carbonyl (C=O) groups is 1. The van der Waals surface area contributed by atoms with Crippen LogP contribution in [0.15, 0.2) is 12.2 Å². The van der Waals surface area contributed by atoms with Crippen molar-refractivity contribution in [3.8, 4) is 0 Å². The summed E-state index contributed by atoms with van der Waals surface area (Å²) in [4.78, 5) is 11.2. The molecule has 4 heteroatoms. The molecule has 0 unspecified atom stereocenters. The monoisotopic (exact) mass is 214 g/mol. The molecule has 2 atom stereocenters. The minimum absolute atomic E-state index is 0.0134. The summed E-state index contributed by atoms with van der Waals surface area (Å²) < 4.78 is 0. The van der Waals surface area contributed by atoms with Crippen molar-refractivity contribution < 1.29 is 4.79 Å². The van der Waals surface area contributed by atoms with Crippen molar-refractivity contribution in [3.05, 3.63) is 12.2 Å². The predicted octanol–water partition coefficient (Wildman–Crippen LogP) is 1.89. The number of thioether (sulfide) groups is 1. The van der Waals surface area contributed by atoms with Crippen molar-refractivity contribution in [3.63, 3.8) is 0 Å². The molecule has 0 saturated carbocycles. The van der Waals surface area contributed by atoms with Crippen LogP contribution in [0.1, 0.15) is 25.7 Å². The lowest BCUT2D eigenvalue weighted by molar-refractivity contribution is 0.254. The van der Waals surface area contributed by atoms with Crippen molar-refractivity contribution in [2.24, 2.45) is 5.73 Å². The van der Waals surface area contributed by atoms with E-state index in [1.165, 1.54) is 11.8 Å². The topological polar surface area (TPSA) is 55.1 Å². The smallest absolute Gasteiger partial charge is 0.279 e. The molecule has 0 aliphatic heterocycles. The zero-order valence-corrected chi connectivity index (χ0v) is 9.35. The maximum Gasteiger partial charge on any atom is 0.279 e. The Bertz CT molecular complexity index is 218. The van der Waals surface area contributed by atoms with Gasteiger partial charge in [0, 0.05) is 12.1 Å². The summed E-state index contributed by atoms with van der Waals surface area (Å²) in [6.07, 6.45) is 10.1. The first kappa shape index (κ1) is 11.6. The first-order chi connectivity index (χ1) is 6.74. The van der Waals surface area contributed by atoms with Gasteiger partial charge in [0.15, 0.2) is 0 Å². The van der Waals surface area contributed by atoms with Gasteiger partial charge in [-0.15, -0.1) is 0 Å². The minimum atomic E-state index is 0.0134. The highest BCUT2D eigenvalue weighted by Crippen LogP contribution is 2.12. The van der Waals surface area contributed by atoms with E-state index in [9.17, 15) is 4.79 Å². The third-order valence-corrected chi connectivity index (χ3v) is 2.96. The van der Waals surface area contributed by atoms with Crippen molar-refractivity contribution in [1.29, 1.82) is 0 Å². The van der Waals surface area contributed by atoms with Gasteiger partial charge in [-0.1, -0.05) is 23.9 Å². The molecule has 1 aliphatic rings. The molecule has 1 aliphatic carbocycles. The third kappa shape index (κ3) is 3.72. The highest BCUT2D eigenvalue weighted by molar-refractivity contribution is 8.12. The number of allylic oxidation sites excluding steroid dienone is 1. The van der Waals surface area contributed by atoms with Crippen molar-refractivity contribution in [2.45, 2.75) is 37.8 Å². The van der Waals surface area contributed by atoms with Crippen LogP contribution in [0.25, 0.3) is 0 Å². The lowest BCUT2D eigenvalue weighted by atomic mass is 9.97. The van der Waals surface area contributed by atoms with E-state index in [4.69, 9.17) is 5.73 Å². The molecule has 0 aromatic carbocycles. The SMILES string of the molecule is CSC(=O)N[C@@H]1C/C=C/CCC[C@H]1N. The number of hydrogen-bond donors (Lipinski definition) is 2. The van der Waals surface area contributed by atoms with E-state index in [0.29, 0.717) is 0 Å². The molecule has 1 rings (SSSR count). The lowest BCUT2D eigenvalue weighted by Gasteiger charge is -2.24. The lowest BCUT2D eigenvalue weighted by Crippen LogP contribution is -2.46. The molecule has 1 amide bonds. The van der Waals surface area contributed by atoms with Gasteiger partial charge in [0.1, 0.15) is 0 Å². The first-order valence-corrected chi connectivity index (χ1v) is 6.21. The summed E-state index contributed by atoms with van der Waals surface area (Å²) in [6.45, 7) is 0. The highest BCUT2D eigenvalue weighted by Gasteiger charge is 2.18. The summed E-state index contributed by atoms with van der Waals surface area (Å²) in [6, 6.07) is 0.197. The number of nitrogens with two attached hydrogens (primary N) is 1. The van der Waals surface area contributed by atoms with Crippen LogP contribution >= 0.6 is 11.8 Å². The maximum absolute atomic E-state index is 11.2. The fraction of sp³-hybridized carbons (Fsp3) is 0.700. The van der Waals surface area contributed by atoms with Crippen LogP contribution < -0.4 is 11.1 Å². The summed E-state index contributed by atoms with van der Waals surface area (Å²) in [5.41, 5.74) is 5.99. The van der Waals surface area contributed by atoms with E-state index in [-0.39, 0.29) is 17.3 Å². The quantitative estimate of drug-likeness (QED) is 0.655. The standard InChI is InChI=1S/C10H18N2OS/c1-14-10(13)12-9-7-5-3-2-4-6-8(9)11/h3,5,8-9H,2,4,6-7,11H2,1H3,(H,12,13)/b5-3+/t8-,9-/m1/s1. The van der Waals surface area contributed by atoms with Gasteiger partial charge in [0.2, 0.25) is 0 Å². The Hall–Kier alpha value is -0.480. The fourth-order valence-electron chi connectivity index (χ4n) is 1.58. The zero-order chi connectivity index (χ0) is 10.4. The Labute approximate surface area is 89.5 Å². The Kier molecular flexibility index (Phi) is 5.04. The molecule has 0 aromatic heterocycles. The number of hydrogen-bond acceptors (Lipinski definition) is 3. The molecular weight excluding hydrogens is 196 g/mol. The van der Waals surface area contributed by atoms with E-state index in [1.54, 1.807) is 6.26 Å². The normalized spacial score (nSPS) is 30.1. The molecule has 3 N–H and O–H groups in total. The van der Waals surface area contributed by atoms with E-state index in [1.807, 2.05) is 0 Å². The molecule has 0 saturated heterocycles. The Balaban J connectivity index is 2.49. The number of amides is 1. The van der Waals surface area contributed by atoms with E-state index in [2.05, 4.69) is 17.5 Å². The predicted molar refractivity (Wildman–Crippen MR) is 61.4 cm³/mol. The fourth-order valence-corrected chi connectivity index (χ4v) is 1.85. The van der Waals surface area contributed by atoms with Crippen LogP contribution in [-0.4, -0.2) is 23.6 Å². The van der Waals surface area contributed by atoms with Gasteiger partial charge in [-0.05, 0) is 31.9 Å². The van der Waals surface area contributed by atoms with Crippen LogP contribution in [0.4, 0.5) is 4.79 Å². The average Bonchev–Trinajstić information content (AvgIpc) is 2.17. The largest absolute Gasteiger partial charge is 0.342 e. The average molecular weight is 214 g/mol. The van der Waals surface area contributed by atoms with Gasteiger partial charge >= 0.3 is 0 Å². The van der Waals surface area contributed by atoms with Crippen molar-refractivity contribution >= 4 is 17.0 Å². The van der Waals surface area contributed by atoms with Gasteiger partial charge in [-0.3, -0.25) is 4.79 Å². The first-order valence-electron chi connectivity index (χ1n) is 4.99. The third-order valence-electron chi connectivity index (χ3n) is 2.47. The molecule has 80 valence electrons. The Morgan fingerprint density at radius 3 is 3.07 bits per heavy atom. The molecule has 0 radical (unpaired) electrons. The molecule has 0 spiro atoms. The molecule has 0 heterocycles. The maximum atomic E-state index is 11.2. The van der Waals surface area contributed by atoms with E-state index in [0.717, 1.165) is 25.7 Å². The van der Waals surface area contributed by atoms with Gasteiger partial charge in [0.25, 0.3) is 5.24 Å². The van der Waals surface area contributed by atoms with E-state index < -0.39 is 0 Å². The summed E-state index contributed by atoms with van der Waals surface area (Å²) in [5.74, 6) is 0. The molecule has 14 heavy (non-hydrogen) atoms. The summed E-state index contributed by atoms with van der Waals surface area (Å²) in [7, 11) is 0. The molecule has 0 fully saturated rings. The second-order valence-corrected chi connectivity index (χ2v) is 4.32. The summed E-state index contributed by atoms with van der Waals surface area (Å²) >= 11 is 1.20. The highest BCUT2D eigenvalue weighted by atomic mass is 32.2. The van der Waals surface area contributed by atoms with Crippen LogP contribution in [0.2, 0.25) is 0 Å². The number of nitrogens with one attached hydrogen (secondary N) is 1. The Morgan fingerprint density at radius 2 is 2.36 bits per heavy atom. The molecule has 3 nitrogen and oxygen atoms in total. The van der Waals surface area contributed by atoms with Crippen LogP contribution in [0.3, 0.4) is 0 Å². The minimum Gasteiger partial charge on any atom is -0.342 e. The zero-order valence-electron chi connectivity index (χ0n) is 8.53. The van der Waals surface area contributed by atoms with Crippen LogP contribution in [-0.2, 0) is 0 Å². The van der Waals surface area contributed by atoms with Gasteiger partial charge in [0.05, 0.1) is 0 Å². The van der Waals surface area contributed by atoms with Crippen LogP contribution in [0, 0.1) is 0 Å². The summed E-state index contributed by atoms with van der Waals surface area (Å²) in [5, 5.41) is 2.95. The Morgan fingerprint density at radius 1 is 1.57 bits per heavy atom. The second kappa shape index (κ2) is 6.09. The van der Waals surface area contributed by atoms with Gasteiger partial charge < -0.3 is 11.1 Å². The van der Waals surface area contributed by atoms with Gasteiger partial charge in [-0.2, -0.15) is 0 Å². The van der Waals surface area contributed by atoms with E-state index >= 15 is 0 Å². The van der Waals surface area contributed by atoms with Crippen molar-refractivity contribution in [2.75, 3.05) is 6.26 Å². The second-order valence-electron chi connectivity index (χ2n) is 3.54. The molecular formula is C10H18N2OS. The number of rotatable bonds is 1. The van der Waals surface area contributed by atoms with Crippen LogP contribution in [0.5, 0.6) is 0 Å².